The molecule has 0 N–H and O–H groups in total. The summed E-state index contributed by atoms with van der Waals surface area (Å²) in [5.41, 5.74) is 0.367. The smallest absolute Gasteiger partial charge is 0.0117 e. The van der Waals surface area contributed by atoms with Crippen molar-refractivity contribution >= 4 is 0 Å². The molecular formula is C11H20. The summed E-state index contributed by atoms with van der Waals surface area (Å²) in [7, 11) is 0. The van der Waals surface area contributed by atoms with Crippen LogP contribution in [-0.2, 0) is 0 Å². The minimum absolute atomic E-state index is 0.367. The van der Waals surface area contributed by atoms with Crippen LogP contribution in [0.2, 0.25) is 0 Å². The predicted molar refractivity (Wildman–Crippen MR) is 51.2 cm³/mol. The SMILES string of the molecule is C#CCC(C)C(C)(C)C(C)C. The lowest BCUT2D eigenvalue weighted by Crippen LogP contribution is -2.27. The lowest BCUT2D eigenvalue weighted by atomic mass is 9.70. The molecule has 0 aliphatic carbocycles. The van der Waals surface area contributed by atoms with E-state index in [-0.39, 0.29) is 0 Å². The van der Waals surface area contributed by atoms with Crippen molar-refractivity contribution in [2.75, 3.05) is 0 Å². The molecule has 0 rings (SSSR count). The van der Waals surface area contributed by atoms with Gasteiger partial charge in [0.25, 0.3) is 0 Å². The van der Waals surface area contributed by atoms with Gasteiger partial charge in [-0.1, -0.05) is 34.6 Å². The van der Waals surface area contributed by atoms with Crippen LogP contribution in [0, 0.1) is 29.6 Å². The predicted octanol–water partition coefficient (Wildman–Crippen LogP) is 3.33. The van der Waals surface area contributed by atoms with Crippen molar-refractivity contribution in [1.29, 1.82) is 0 Å². The van der Waals surface area contributed by atoms with E-state index in [0.29, 0.717) is 17.3 Å². The quantitative estimate of drug-likeness (QED) is 0.544. The Labute approximate surface area is 71.4 Å². The van der Waals surface area contributed by atoms with Crippen molar-refractivity contribution in [2.45, 2.75) is 41.0 Å². The number of hydrogen-bond acceptors (Lipinski definition) is 0. The van der Waals surface area contributed by atoms with Gasteiger partial charge in [-0.2, -0.15) is 0 Å². The summed E-state index contributed by atoms with van der Waals surface area (Å²) < 4.78 is 0. The largest absolute Gasteiger partial charge is 0.120 e. The minimum Gasteiger partial charge on any atom is -0.120 e. The van der Waals surface area contributed by atoms with Crippen LogP contribution in [0.4, 0.5) is 0 Å². The van der Waals surface area contributed by atoms with Gasteiger partial charge in [-0.15, -0.1) is 12.3 Å². The van der Waals surface area contributed by atoms with Gasteiger partial charge in [0.2, 0.25) is 0 Å². The van der Waals surface area contributed by atoms with Gasteiger partial charge < -0.3 is 0 Å². The summed E-state index contributed by atoms with van der Waals surface area (Å²) in [6.07, 6.45) is 6.17. The Morgan fingerprint density at radius 2 is 1.73 bits per heavy atom. The maximum Gasteiger partial charge on any atom is 0.0117 e. The first-order valence-corrected chi connectivity index (χ1v) is 4.36. The lowest BCUT2D eigenvalue weighted by molar-refractivity contribution is 0.155. The number of terminal acetylenes is 1. The highest BCUT2D eigenvalue weighted by Crippen LogP contribution is 2.36. The average molecular weight is 152 g/mol. The van der Waals surface area contributed by atoms with E-state index in [1.807, 2.05) is 0 Å². The molecule has 0 saturated carbocycles. The van der Waals surface area contributed by atoms with Crippen LogP contribution in [0.3, 0.4) is 0 Å². The maximum absolute atomic E-state index is 5.28. The third-order valence-corrected chi connectivity index (χ3v) is 3.18. The van der Waals surface area contributed by atoms with Gasteiger partial charge >= 0.3 is 0 Å². The molecule has 0 heterocycles. The highest BCUT2D eigenvalue weighted by molar-refractivity contribution is 4.91. The van der Waals surface area contributed by atoms with Crippen molar-refractivity contribution in [3.05, 3.63) is 0 Å². The molecule has 0 spiro atoms. The van der Waals surface area contributed by atoms with Crippen LogP contribution in [0.5, 0.6) is 0 Å². The summed E-state index contributed by atoms with van der Waals surface area (Å²) in [5.74, 6) is 4.05. The van der Waals surface area contributed by atoms with E-state index < -0.39 is 0 Å². The van der Waals surface area contributed by atoms with Crippen LogP contribution < -0.4 is 0 Å². The summed E-state index contributed by atoms with van der Waals surface area (Å²) in [6, 6.07) is 0. The van der Waals surface area contributed by atoms with E-state index in [1.54, 1.807) is 0 Å². The van der Waals surface area contributed by atoms with Gasteiger partial charge in [0.15, 0.2) is 0 Å². The molecule has 0 nitrogen and oxygen atoms in total. The van der Waals surface area contributed by atoms with Crippen LogP contribution in [0.15, 0.2) is 0 Å². The normalized spacial score (nSPS) is 14.6. The highest BCUT2D eigenvalue weighted by Gasteiger charge is 2.28. The van der Waals surface area contributed by atoms with Crippen LogP contribution >= 0.6 is 0 Å². The van der Waals surface area contributed by atoms with E-state index in [2.05, 4.69) is 40.5 Å². The first kappa shape index (κ1) is 10.6. The average Bonchev–Trinajstić information content (AvgIpc) is 1.88. The fourth-order valence-electron chi connectivity index (χ4n) is 1.01. The van der Waals surface area contributed by atoms with Gasteiger partial charge in [0.1, 0.15) is 0 Å². The second-order valence-electron chi connectivity index (χ2n) is 4.29. The van der Waals surface area contributed by atoms with Gasteiger partial charge in [0.05, 0.1) is 0 Å². The molecule has 0 saturated heterocycles. The van der Waals surface area contributed by atoms with Gasteiger partial charge in [-0.25, -0.2) is 0 Å². The Kier molecular flexibility index (Phi) is 3.66. The monoisotopic (exact) mass is 152 g/mol. The molecule has 0 aliphatic rings. The van der Waals surface area contributed by atoms with Crippen LogP contribution in [0.25, 0.3) is 0 Å². The summed E-state index contributed by atoms with van der Waals surface area (Å²) in [4.78, 5) is 0. The molecule has 0 fully saturated rings. The Balaban J connectivity index is 4.19. The zero-order valence-electron chi connectivity index (χ0n) is 8.44. The number of hydrogen-bond donors (Lipinski definition) is 0. The molecule has 1 unspecified atom stereocenters. The van der Waals surface area contributed by atoms with Crippen molar-refractivity contribution in [1.82, 2.24) is 0 Å². The second kappa shape index (κ2) is 3.81. The van der Waals surface area contributed by atoms with Crippen LogP contribution in [0.1, 0.15) is 41.0 Å². The molecular weight excluding hydrogens is 132 g/mol. The Morgan fingerprint density at radius 1 is 1.27 bits per heavy atom. The second-order valence-corrected chi connectivity index (χ2v) is 4.29. The summed E-state index contributed by atoms with van der Waals surface area (Å²) in [5, 5.41) is 0. The lowest BCUT2D eigenvalue weighted by Gasteiger charge is -2.34. The minimum atomic E-state index is 0.367. The van der Waals surface area contributed by atoms with E-state index in [1.165, 1.54) is 0 Å². The Morgan fingerprint density at radius 3 is 2.00 bits per heavy atom. The Bertz CT molecular complexity index is 146. The van der Waals surface area contributed by atoms with Gasteiger partial charge in [0, 0.05) is 6.42 Å². The molecule has 0 radical (unpaired) electrons. The number of rotatable bonds is 3. The molecule has 11 heavy (non-hydrogen) atoms. The first-order chi connectivity index (χ1) is 4.92. The van der Waals surface area contributed by atoms with Crippen molar-refractivity contribution < 1.29 is 0 Å². The van der Waals surface area contributed by atoms with Gasteiger partial charge in [-0.05, 0) is 17.3 Å². The van der Waals surface area contributed by atoms with Crippen molar-refractivity contribution in [2.24, 2.45) is 17.3 Å². The highest BCUT2D eigenvalue weighted by atomic mass is 14.3. The molecule has 0 bridgehead atoms. The Hall–Kier alpha value is -0.440. The van der Waals surface area contributed by atoms with E-state index in [4.69, 9.17) is 6.42 Å². The topological polar surface area (TPSA) is 0 Å². The van der Waals surface area contributed by atoms with Crippen LogP contribution in [-0.4, -0.2) is 0 Å². The summed E-state index contributed by atoms with van der Waals surface area (Å²) >= 11 is 0. The van der Waals surface area contributed by atoms with Gasteiger partial charge in [-0.3, -0.25) is 0 Å². The fourth-order valence-corrected chi connectivity index (χ4v) is 1.01. The maximum atomic E-state index is 5.28. The first-order valence-electron chi connectivity index (χ1n) is 4.36. The molecule has 0 aromatic rings. The molecule has 64 valence electrons. The molecule has 0 aromatic carbocycles. The zero-order chi connectivity index (χ0) is 9.07. The van der Waals surface area contributed by atoms with E-state index in [0.717, 1.165) is 6.42 Å². The van der Waals surface area contributed by atoms with Crippen molar-refractivity contribution in [3.63, 3.8) is 0 Å². The molecule has 0 aromatic heterocycles. The zero-order valence-corrected chi connectivity index (χ0v) is 8.44. The third-order valence-electron chi connectivity index (χ3n) is 3.18. The van der Waals surface area contributed by atoms with E-state index >= 15 is 0 Å². The molecule has 0 amide bonds. The van der Waals surface area contributed by atoms with Crippen molar-refractivity contribution in [3.8, 4) is 12.3 Å². The fraction of sp³-hybridized carbons (Fsp3) is 0.818. The van der Waals surface area contributed by atoms with E-state index in [9.17, 15) is 0 Å². The third kappa shape index (κ3) is 2.58. The molecule has 0 aliphatic heterocycles. The molecule has 1 atom stereocenters. The molecule has 0 heteroatoms. The standard InChI is InChI=1S/C11H20/c1-7-8-10(4)11(5,6)9(2)3/h1,9-10H,8H2,2-6H3. The summed E-state index contributed by atoms with van der Waals surface area (Å²) in [6.45, 7) is 11.3.